The summed E-state index contributed by atoms with van der Waals surface area (Å²) in [6.45, 7) is 3.43. The molecule has 0 spiro atoms. The molecule has 0 aliphatic rings. The van der Waals surface area contributed by atoms with Crippen molar-refractivity contribution in [2.75, 3.05) is 0 Å². The summed E-state index contributed by atoms with van der Waals surface area (Å²) in [6.07, 6.45) is 1.46. The topological polar surface area (TPSA) is 123 Å². The number of aliphatic carboxylic acids is 1. The first kappa shape index (κ1) is 18.4. The van der Waals surface area contributed by atoms with Crippen molar-refractivity contribution in [1.82, 2.24) is 19.4 Å². The van der Waals surface area contributed by atoms with Gasteiger partial charge in [0, 0.05) is 32.3 Å². The van der Waals surface area contributed by atoms with Gasteiger partial charge >= 0.3 is 11.7 Å². The Morgan fingerprint density at radius 1 is 1.24 bits per heavy atom. The molecule has 0 bridgehead atoms. The minimum atomic E-state index is -0.945. The molecule has 0 aliphatic heterocycles. The van der Waals surface area contributed by atoms with Crippen molar-refractivity contribution in [1.29, 1.82) is 0 Å². The summed E-state index contributed by atoms with van der Waals surface area (Å²) >= 11 is 0. The zero-order valence-corrected chi connectivity index (χ0v) is 14.5. The van der Waals surface area contributed by atoms with Gasteiger partial charge in [0.05, 0.1) is 10.9 Å². The first-order valence-corrected chi connectivity index (χ1v) is 7.63. The number of aryl methyl sites for hydroxylation is 1. The number of aromatic nitrogens is 3. The summed E-state index contributed by atoms with van der Waals surface area (Å²) < 4.78 is 2.18. The maximum atomic E-state index is 12.4. The number of nitrogens with zero attached hydrogens (tertiary/aromatic N) is 3. The van der Waals surface area contributed by atoms with Crippen LogP contribution >= 0.6 is 0 Å². The van der Waals surface area contributed by atoms with Crippen molar-refractivity contribution in [2.24, 2.45) is 14.1 Å². The number of carbonyl (C=O) groups excluding carboxylic acids is 1. The van der Waals surface area contributed by atoms with E-state index in [1.807, 2.05) is 0 Å². The molecule has 0 fully saturated rings. The lowest BCUT2D eigenvalue weighted by atomic mass is 9.98. The van der Waals surface area contributed by atoms with Crippen molar-refractivity contribution in [2.45, 2.75) is 32.2 Å². The monoisotopic (exact) mass is 348 g/mol. The van der Waals surface area contributed by atoms with Gasteiger partial charge in [-0.2, -0.15) is 0 Å². The van der Waals surface area contributed by atoms with E-state index in [1.54, 1.807) is 13.8 Å². The Morgan fingerprint density at radius 2 is 1.88 bits per heavy atom. The highest BCUT2D eigenvalue weighted by molar-refractivity contribution is 5.97. The summed E-state index contributed by atoms with van der Waals surface area (Å²) in [6, 6.07) is 1.38. The number of hydrogen-bond acceptors (Lipinski definition) is 5. The Hall–Kier alpha value is -2.97. The Kier molecular flexibility index (Phi) is 4.78. The number of fused-ring (bicyclic) bond motifs is 1. The fraction of sp³-hybridized carbons (Fsp3) is 0.438. The molecule has 9 heteroatoms. The van der Waals surface area contributed by atoms with Gasteiger partial charge in [-0.25, -0.2) is 9.78 Å². The zero-order chi connectivity index (χ0) is 18.9. The van der Waals surface area contributed by atoms with Crippen LogP contribution in [0.2, 0.25) is 0 Å². The lowest BCUT2D eigenvalue weighted by Gasteiger charge is -2.25. The average Bonchev–Trinajstić information content (AvgIpc) is 2.55. The van der Waals surface area contributed by atoms with Gasteiger partial charge in [-0.05, 0) is 26.3 Å². The Bertz CT molecular complexity index is 971. The molecule has 0 unspecified atom stereocenters. The fourth-order valence-electron chi connectivity index (χ4n) is 2.45. The maximum absolute atomic E-state index is 12.4. The van der Waals surface area contributed by atoms with Crippen LogP contribution in [0.5, 0.6) is 0 Å². The van der Waals surface area contributed by atoms with Crippen LogP contribution in [0.25, 0.3) is 11.0 Å². The van der Waals surface area contributed by atoms with E-state index >= 15 is 0 Å². The quantitative estimate of drug-likeness (QED) is 0.784. The Morgan fingerprint density at radius 3 is 2.48 bits per heavy atom. The smallest absolute Gasteiger partial charge is 0.332 e. The Balaban J connectivity index is 2.39. The molecule has 0 radical (unpaired) electrons. The van der Waals surface area contributed by atoms with E-state index in [4.69, 9.17) is 5.11 Å². The molecular formula is C16H20N4O5. The molecule has 0 aliphatic carbocycles. The second-order valence-electron chi connectivity index (χ2n) is 6.53. The number of carboxylic acid groups (broad SMARTS) is 1. The summed E-state index contributed by atoms with van der Waals surface area (Å²) in [7, 11) is 2.84. The summed E-state index contributed by atoms with van der Waals surface area (Å²) in [5, 5.41) is 11.7. The van der Waals surface area contributed by atoms with Gasteiger partial charge in [0.25, 0.3) is 11.5 Å². The molecule has 134 valence electrons. The molecule has 2 N–H and O–H groups in total. The highest BCUT2D eigenvalue weighted by Crippen LogP contribution is 2.14. The van der Waals surface area contributed by atoms with E-state index < -0.39 is 28.7 Å². The molecule has 2 aromatic rings. The third kappa shape index (κ3) is 3.76. The van der Waals surface area contributed by atoms with Crippen molar-refractivity contribution in [3.63, 3.8) is 0 Å². The number of rotatable bonds is 5. The SMILES string of the molecule is Cn1c(=O)c2cc(C(=O)NC(C)(C)CCC(=O)O)cnc2n(C)c1=O. The number of pyridine rings is 1. The highest BCUT2D eigenvalue weighted by Gasteiger charge is 2.23. The van der Waals surface area contributed by atoms with Gasteiger partial charge < -0.3 is 10.4 Å². The van der Waals surface area contributed by atoms with E-state index in [1.165, 1.54) is 30.9 Å². The van der Waals surface area contributed by atoms with Crippen LogP contribution in [0, 0.1) is 0 Å². The van der Waals surface area contributed by atoms with E-state index in [0.717, 1.165) is 4.57 Å². The Labute approximate surface area is 142 Å². The van der Waals surface area contributed by atoms with Crippen molar-refractivity contribution < 1.29 is 14.7 Å². The molecule has 0 saturated heterocycles. The van der Waals surface area contributed by atoms with Crippen LogP contribution < -0.4 is 16.6 Å². The van der Waals surface area contributed by atoms with Crippen LogP contribution in [-0.2, 0) is 18.9 Å². The van der Waals surface area contributed by atoms with Crippen molar-refractivity contribution >= 4 is 22.9 Å². The van der Waals surface area contributed by atoms with Crippen LogP contribution in [0.15, 0.2) is 21.9 Å². The molecule has 0 aromatic carbocycles. The van der Waals surface area contributed by atoms with Crippen molar-refractivity contribution in [3.8, 4) is 0 Å². The predicted octanol–water partition coefficient (Wildman–Crippen LogP) is 0.00540. The largest absolute Gasteiger partial charge is 0.481 e. The molecule has 2 rings (SSSR count). The van der Waals surface area contributed by atoms with E-state index in [-0.39, 0.29) is 29.4 Å². The predicted molar refractivity (Wildman–Crippen MR) is 90.6 cm³/mol. The number of nitrogens with one attached hydrogen (secondary N) is 1. The van der Waals surface area contributed by atoms with E-state index in [9.17, 15) is 19.2 Å². The first-order chi connectivity index (χ1) is 11.5. The van der Waals surface area contributed by atoms with Crippen LogP contribution in [0.3, 0.4) is 0 Å². The third-order valence-electron chi connectivity index (χ3n) is 3.97. The van der Waals surface area contributed by atoms with E-state index in [0.29, 0.717) is 0 Å². The molecule has 2 aromatic heterocycles. The van der Waals surface area contributed by atoms with Crippen LogP contribution in [-0.4, -0.2) is 36.6 Å². The molecular weight excluding hydrogens is 328 g/mol. The minimum Gasteiger partial charge on any atom is -0.481 e. The molecule has 0 saturated carbocycles. The molecule has 2 heterocycles. The number of hydrogen-bond donors (Lipinski definition) is 2. The first-order valence-electron chi connectivity index (χ1n) is 7.63. The van der Waals surface area contributed by atoms with Crippen molar-refractivity contribution in [3.05, 3.63) is 38.7 Å². The summed E-state index contributed by atoms with van der Waals surface area (Å²) in [4.78, 5) is 51.3. The van der Waals surface area contributed by atoms with Gasteiger partial charge in [0.1, 0.15) is 5.65 Å². The highest BCUT2D eigenvalue weighted by atomic mass is 16.4. The molecule has 1 amide bonds. The van der Waals surface area contributed by atoms with Crippen LogP contribution in [0.4, 0.5) is 0 Å². The minimum absolute atomic E-state index is 0.0775. The lowest BCUT2D eigenvalue weighted by molar-refractivity contribution is -0.137. The summed E-state index contributed by atoms with van der Waals surface area (Å²) in [5.41, 5.74) is -1.43. The van der Waals surface area contributed by atoms with Gasteiger partial charge in [-0.3, -0.25) is 23.5 Å². The van der Waals surface area contributed by atoms with Gasteiger partial charge in [-0.1, -0.05) is 0 Å². The summed E-state index contributed by atoms with van der Waals surface area (Å²) in [5.74, 6) is -1.42. The molecule has 0 atom stereocenters. The van der Waals surface area contributed by atoms with Gasteiger partial charge in [-0.15, -0.1) is 0 Å². The number of amides is 1. The zero-order valence-electron chi connectivity index (χ0n) is 14.5. The van der Waals surface area contributed by atoms with E-state index in [2.05, 4.69) is 10.3 Å². The second-order valence-corrected chi connectivity index (χ2v) is 6.53. The van der Waals surface area contributed by atoms with Crippen LogP contribution in [0.1, 0.15) is 37.0 Å². The van der Waals surface area contributed by atoms with Gasteiger partial charge in [0.2, 0.25) is 0 Å². The van der Waals surface area contributed by atoms with Gasteiger partial charge in [0.15, 0.2) is 0 Å². The average molecular weight is 348 g/mol. The number of carbonyl (C=O) groups is 2. The maximum Gasteiger partial charge on any atom is 0.332 e. The molecule has 25 heavy (non-hydrogen) atoms. The second kappa shape index (κ2) is 6.50. The number of carboxylic acids is 1. The molecule has 9 nitrogen and oxygen atoms in total. The lowest BCUT2D eigenvalue weighted by Crippen LogP contribution is -2.44. The third-order valence-corrected chi connectivity index (χ3v) is 3.97. The fourth-order valence-corrected chi connectivity index (χ4v) is 2.45. The standard InChI is InChI=1S/C16H20N4O5/c1-16(2,6-5-11(21)22)18-13(23)9-7-10-12(17-8-9)19(3)15(25)20(4)14(10)24/h7-8H,5-6H2,1-4H3,(H,18,23)(H,21,22). The normalized spacial score (nSPS) is 11.5.